The van der Waals surface area contributed by atoms with Crippen LogP contribution < -0.4 is 10.6 Å². The third-order valence-electron chi connectivity index (χ3n) is 6.69. The van der Waals surface area contributed by atoms with Gasteiger partial charge in [-0.2, -0.15) is 0 Å². The predicted molar refractivity (Wildman–Crippen MR) is 124 cm³/mol. The molecular formula is C26H30N2O5. The predicted octanol–water partition coefficient (Wildman–Crippen LogP) is 4.06. The number of alkyl carbamates (subject to hydrolysis) is 1. The summed E-state index contributed by atoms with van der Waals surface area (Å²) in [6, 6.07) is 15.0. The van der Waals surface area contributed by atoms with E-state index in [0.717, 1.165) is 28.7 Å². The van der Waals surface area contributed by atoms with Crippen LogP contribution in [0.4, 0.5) is 4.79 Å². The second kappa shape index (κ2) is 10.1. The van der Waals surface area contributed by atoms with Crippen molar-refractivity contribution in [3.05, 3.63) is 59.7 Å². The number of aliphatic carboxylic acids is 1. The van der Waals surface area contributed by atoms with E-state index in [2.05, 4.69) is 34.9 Å². The van der Waals surface area contributed by atoms with E-state index in [0.29, 0.717) is 25.7 Å². The maximum Gasteiger partial charge on any atom is 0.407 e. The molecule has 0 saturated heterocycles. The lowest BCUT2D eigenvalue weighted by Gasteiger charge is -2.23. The van der Waals surface area contributed by atoms with Crippen LogP contribution in [0.5, 0.6) is 0 Å². The molecule has 0 bridgehead atoms. The van der Waals surface area contributed by atoms with E-state index < -0.39 is 24.0 Å². The largest absolute Gasteiger partial charge is 0.480 e. The van der Waals surface area contributed by atoms with Gasteiger partial charge in [0.15, 0.2) is 0 Å². The monoisotopic (exact) mass is 450 g/mol. The summed E-state index contributed by atoms with van der Waals surface area (Å²) in [5.41, 5.74) is 4.60. The van der Waals surface area contributed by atoms with E-state index >= 15 is 0 Å². The molecule has 3 atom stereocenters. The summed E-state index contributed by atoms with van der Waals surface area (Å²) in [4.78, 5) is 36.7. The molecule has 0 aliphatic heterocycles. The minimum absolute atomic E-state index is 0.0313. The molecule has 0 aromatic heterocycles. The zero-order valence-electron chi connectivity index (χ0n) is 18.8. The number of hydrogen-bond donors (Lipinski definition) is 3. The lowest BCUT2D eigenvalue weighted by Crippen LogP contribution is -2.48. The van der Waals surface area contributed by atoms with Crippen LogP contribution in [0.15, 0.2) is 48.5 Å². The van der Waals surface area contributed by atoms with Gasteiger partial charge in [0.2, 0.25) is 5.91 Å². The maximum absolute atomic E-state index is 12.7. The number of fused-ring (bicyclic) bond motifs is 3. The molecule has 2 amide bonds. The summed E-state index contributed by atoms with van der Waals surface area (Å²) in [5, 5.41) is 14.8. The van der Waals surface area contributed by atoms with E-state index in [1.807, 2.05) is 31.2 Å². The first-order chi connectivity index (χ1) is 16.0. The van der Waals surface area contributed by atoms with Crippen molar-refractivity contribution in [1.82, 2.24) is 10.6 Å². The number of carbonyl (C=O) groups excluding carboxylic acids is 2. The van der Waals surface area contributed by atoms with Crippen molar-refractivity contribution in [2.75, 3.05) is 6.61 Å². The van der Waals surface area contributed by atoms with Crippen molar-refractivity contribution in [2.24, 2.45) is 5.92 Å². The standard InChI is InChI=1S/C26H30N2O5/c1-2-8-23(25(30)31)27-24(29)20-13-7-14-22(20)28-26(32)33-15-21-18-11-5-3-9-16(18)17-10-4-6-12-19(17)21/h3-6,9-12,20-23H,2,7-8,13-15H2,1H3,(H,27,29)(H,28,32)(H,30,31)/t20-,22+,23?/m1/s1. The second-order valence-electron chi connectivity index (χ2n) is 8.80. The Morgan fingerprint density at radius 2 is 1.67 bits per heavy atom. The third kappa shape index (κ3) is 4.87. The molecule has 1 fully saturated rings. The molecule has 7 heteroatoms. The van der Waals surface area contributed by atoms with Crippen molar-refractivity contribution in [1.29, 1.82) is 0 Å². The molecule has 2 aliphatic rings. The van der Waals surface area contributed by atoms with Gasteiger partial charge in [-0.3, -0.25) is 4.79 Å². The molecule has 2 aromatic carbocycles. The Labute approximate surface area is 193 Å². The Kier molecular flexibility index (Phi) is 6.96. The number of ether oxygens (including phenoxy) is 1. The number of carboxylic acid groups (broad SMARTS) is 1. The second-order valence-corrected chi connectivity index (χ2v) is 8.80. The van der Waals surface area contributed by atoms with Gasteiger partial charge in [-0.05, 0) is 41.5 Å². The van der Waals surface area contributed by atoms with Crippen LogP contribution in [0, 0.1) is 5.92 Å². The van der Waals surface area contributed by atoms with Gasteiger partial charge in [-0.15, -0.1) is 0 Å². The minimum Gasteiger partial charge on any atom is -0.480 e. The van der Waals surface area contributed by atoms with Gasteiger partial charge in [0, 0.05) is 12.0 Å². The molecule has 0 spiro atoms. The van der Waals surface area contributed by atoms with Crippen LogP contribution in [-0.4, -0.2) is 41.8 Å². The Morgan fingerprint density at radius 3 is 2.27 bits per heavy atom. The molecule has 7 nitrogen and oxygen atoms in total. The van der Waals surface area contributed by atoms with Crippen LogP contribution in [0.25, 0.3) is 11.1 Å². The lowest BCUT2D eigenvalue weighted by molar-refractivity contribution is -0.142. The Morgan fingerprint density at radius 1 is 1.03 bits per heavy atom. The third-order valence-corrected chi connectivity index (χ3v) is 6.69. The van der Waals surface area contributed by atoms with Gasteiger partial charge in [0.25, 0.3) is 0 Å². The highest BCUT2D eigenvalue weighted by molar-refractivity contribution is 5.86. The van der Waals surface area contributed by atoms with Crippen LogP contribution in [0.3, 0.4) is 0 Å². The number of rotatable bonds is 8. The summed E-state index contributed by atoms with van der Waals surface area (Å²) in [6.45, 7) is 2.08. The van der Waals surface area contributed by atoms with Gasteiger partial charge >= 0.3 is 12.1 Å². The fraction of sp³-hybridized carbons (Fsp3) is 0.423. The van der Waals surface area contributed by atoms with Crippen molar-refractivity contribution in [3.8, 4) is 11.1 Å². The molecule has 0 heterocycles. The number of carboxylic acids is 1. The van der Waals surface area contributed by atoms with Crippen LogP contribution in [-0.2, 0) is 14.3 Å². The Balaban J connectivity index is 1.36. The highest BCUT2D eigenvalue weighted by atomic mass is 16.5. The topological polar surface area (TPSA) is 105 Å². The SMILES string of the molecule is CCCC(NC(=O)[C@@H]1CCC[C@@H]1NC(=O)OCC1c2ccccc2-c2ccccc21)C(=O)O. The summed E-state index contributed by atoms with van der Waals surface area (Å²) < 4.78 is 5.61. The van der Waals surface area contributed by atoms with E-state index in [4.69, 9.17) is 4.74 Å². The van der Waals surface area contributed by atoms with E-state index in [1.54, 1.807) is 0 Å². The average molecular weight is 451 g/mol. The molecule has 2 aliphatic carbocycles. The zero-order chi connectivity index (χ0) is 23.4. The molecule has 2 aromatic rings. The fourth-order valence-corrected chi connectivity index (χ4v) is 5.06. The van der Waals surface area contributed by atoms with Gasteiger partial charge in [0.05, 0.1) is 5.92 Å². The van der Waals surface area contributed by atoms with E-state index in [9.17, 15) is 19.5 Å². The van der Waals surface area contributed by atoms with Crippen LogP contribution >= 0.6 is 0 Å². The number of amides is 2. The summed E-state index contributed by atoms with van der Waals surface area (Å²) in [6.07, 6.45) is 2.54. The van der Waals surface area contributed by atoms with Crippen molar-refractivity contribution >= 4 is 18.0 Å². The van der Waals surface area contributed by atoms with Gasteiger partial charge in [-0.1, -0.05) is 68.3 Å². The average Bonchev–Trinajstić information content (AvgIpc) is 3.40. The van der Waals surface area contributed by atoms with Crippen molar-refractivity contribution < 1.29 is 24.2 Å². The number of nitrogens with one attached hydrogen (secondary N) is 2. The molecule has 1 unspecified atom stereocenters. The maximum atomic E-state index is 12.7. The molecule has 4 rings (SSSR count). The minimum atomic E-state index is -1.04. The smallest absolute Gasteiger partial charge is 0.407 e. The number of hydrogen-bond acceptors (Lipinski definition) is 4. The van der Waals surface area contributed by atoms with Crippen molar-refractivity contribution in [3.63, 3.8) is 0 Å². The first kappa shape index (κ1) is 22.8. The number of benzene rings is 2. The summed E-state index contributed by atoms with van der Waals surface area (Å²) in [7, 11) is 0. The molecule has 0 radical (unpaired) electrons. The quantitative estimate of drug-likeness (QED) is 0.563. The van der Waals surface area contributed by atoms with Gasteiger partial charge < -0.3 is 20.5 Å². The highest BCUT2D eigenvalue weighted by Crippen LogP contribution is 2.44. The van der Waals surface area contributed by atoms with Crippen LogP contribution in [0.2, 0.25) is 0 Å². The number of carbonyl (C=O) groups is 3. The highest BCUT2D eigenvalue weighted by Gasteiger charge is 2.36. The van der Waals surface area contributed by atoms with Gasteiger partial charge in [-0.25, -0.2) is 9.59 Å². The normalized spacial score (nSPS) is 19.9. The van der Waals surface area contributed by atoms with E-state index in [1.165, 1.54) is 0 Å². The lowest BCUT2D eigenvalue weighted by atomic mass is 9.98. The van der Waals surface area contributed by atoms with E-state index in [-0.39, 0.29) is 24.5 Å². The first-order valence-electron chi connectivity index (χ1n) is 11.6. The molecule has 3 N–H and O–H groups in total. The van der Waals surface area contributed by atoms with Crippen molar-refractivity contribution in [2.45, 2.75) is 57.0 Å². The molecule has 33 heavy (non-hydrogen) atoms. The summed E-state index contributed by atoms with van der Waals surface area (Å²) in [5.74, 6) is -1.85. The summed E-state index contributed by atoms with van der Waals surface area (Å²) >= 11 is 0. The molecule has 174 valence electrons. The molecule has 1 saturated carbocycles. The first-order valence-corrected chi connectivity index (χ1v) is 11.6. The molecular weight excluding hydrogens is 420 g/mol. The Hall–Kier alpha value is -3.35. The van der Waals surface area contributed by atoms with Gasteiger partial charge in [0.1, 0.15) is 12.6 Å². The Bertz CT molecular complexity index is 991. The zero-order valence-corrected chi connectivity index (χ0v) is 18.8. The fourth-order valence-electron chi connectivity index (χ4n) is 5.06. The van der Waals surface area contributed by atoms with Crippen LogP contribution in [0.1, 0.15) is 56.1 Å².